The minimum absolute atomic E-state index is 0.0448. The third-order valence-electron chi connectivity index (χ3n) is 8.93. The Morgan fingerprint density at radius 2 is 1.87 bits per heavy atom. The number of aliphatic hydroxyl groups is 1. The molecular formula is C31H50N2O6. The second-order valence-corrected chi connectivity index (χ2v) is 13.7. The molecule has 8 nitrogen and oxygen atoms in total. The van der Waals surface area contributed by atoms with Crippen LogP contribution in [0.4, 0.5) is 0 Å². The summed E-state index contributed by atoms with van der Waals surface area (Å²) in [6, 6.07) is -0.899. The van der Waals surface area contributed by atoms with Crippen molar-refractivity contribution in [3.8, 4) is 0 Å². The number of carbonyl (C=O) groups is 3. The van der Waals surface area contributed by atoms with E-state index in [1.54, 1.807) is 17.1 Å². The van der Waals surface area contributed by atoms with Crippen molar-refractivity contribution in [3.05, 3.63) is 25.3 Å². The van der Waals surface area contributed by atoms with Gasteiger partial charge in [0.2, 0.25) is 11.8 Å². The number of allylic oxidation sites excluding steroid dienone is 1. The Hall–Kier alpha value is -2.19. The number of fused-ring (bicyclic) bond motifs is 1. The summed E-state index contributed by atoms with van der Waals surface area (Å²) in [4.78, 5) is 45.7. The summed E-state index contributed by atoms with van der Waals surface area (Å²) < 4.78 is 12.5. The van der Waals surface area contributed by atoms with Gasteiger partial charge in [0, 0.05) is 25.2 Å². The maximum absolute atomic E-state index is 14.7. The summed E-state index contributed by atoms with van der Waals surface area (Å²) in [6.45, 7) is 22.7. The van der Waals surface area contributed by atoms with E-state index < -0.39 is 40.6 Å². The lowest BCUT2D eigenvalue weighted by Crippen LogP contribution is -2.61. The molecule has 3 unspecified atom stereocenters. The van der Waals surface area contributed by atoms with Crippen molar-refractivity contribution in [2.45, 2.75) is 103 Å². The van der Waals surface area contributed by atoms with Crippen LogP contribution in [0.15, 0.2) is 25.3 Å². The Labute approximate surface area is 234 Å². The van der Waals surface area contributed by atoms with E-state index in [-0.39, 0.29) is 42.9 Å². The molecule has 0 aromatic heterocycles. The Balaban J connectivity index is 2.07. The van der Waals surface area contributed by atoms with Crippen LogP contribution in [0, 0.1) is 23.2 Å². The van der Waals surface area contributed by atoms with Crippen LogP contribution in [-0.2, 0) is 23.9 Å². The number of ether oxygens (including phenoxy) is 2. The molecule has 8 heteroatoms. The Kier molecular flexibility index (Phi) is 9.13. The van der Waals surface area contributed by atoms with E-state index in [4.69, 9.17) is 9.47 Å². The summed E-state index contributed by atoms with van der Waals surface area (Å²) in [5, 5.41) is 9.63. The summed E-state index contributed by atoms with van der Waals surface area (Å²) in [5.74, 6) is -2.58. The van der Waals surface area contributed by atoms with Crippen molar-refractivity contribution in [1.82, 2.24) is 9.80 Å². The highest BCUT2D eigenvalue weighted by Crippen LogP contribution is 2.65. The van der Waals surface area contributed by atoms with Crippen LogP contribution in [0.5, 0.6) is 0 Å². The summed E-state index contributed by atoms with van der Waals surface area (Å²) in [5.41, 5.74) is -2.63. The molecule has 220 valence electrons. The highest BCUT2D eigenvalue weighted by molar-refractivity contribution is 5.98. The maximum Gasteiger partial charge on any atom is 0.312 e. The number of nitrogens with zero attached hydrogens (tertiary/aromatic N) is 2. The van der Waals surface area contributed by atoms with Gasteiger partial charge in [-0.15, -0.1) is 13.2 Å². The highest BCUT2D eigenvalue weighted by Gasteiger charge is 2.80. The van der Waals surface area contributed by atoms with Gasteiger partial charge in [0.1, 0.15) is 17.6 Å². The van der Waals surface area contributed by atoms with Crippen molar-refractivity contribution < 1.29 is 29.0 Å². The Bertz CT molecular complexity index is 971. The second kappa shape index (κ2) is 11.4. The van der Waals surface area contributed by atoms with Gasteiger partial charge in [-0.3, -0.25) is 14.4 Å². The zero-order chi connectivity index (χ0) is 29.4. The van der Waals surface area contributed by atoms with E-state index in [1.807, 2.05) is 32.6 Å². The molecular weight excluding hydrogens is 496 g/mol. The van der Waals surface area contributed by atoms with Gasteiger partial charge in [-0.2, -0.15) is 0 Å². The molecule has 3 aliphatic heterocycles. The molecule has 0 aromatic carbocycles. The Morgan fingerprint density at radius 1 is 1.21 bits per heavy atom. The van der Waals surface area contributed by atoms with Crippen molar-refractivity contribution in [2.75, 3.05) is 26.3 Å². The van der Waals surface area contributed by atoms with Crippen molar-refractivity contribution in [1.29, 1.82) is 0 Å². The molecule has 3 aliphatic rings. The van der Waals surface area contributed by atoms with Crippen LogP contribution in [0.2, 0.25) is 0 Å². The fourth-order valence-corrected chi connectivity index (χ4v) is 7.65. The molecule has 3 heterocycles. The second-order valence-electron chi connectivity index (χ2n) is 13.7. The topological polar surface area (TPSA) is 96.4 Å². The molecule has 3 saturated heterocycles. The number of unbranched alkanes of at least 4 members (excludes halogenated alkanes) is 1. The summed E-state index contributed by atoms with van der Waals surface area (Å²) in [6.07, 6.45) is 6.43. The first-order chi connectivity index (χ1) is 18.1. The van der Waals surface area contributed by atoms with E-state index >= 15 is 0 Å². The minimum Gasteiger partial charge on any atom is -0.465 e. The van der Waals surface area contributed by atoms with Crippen LogP contribution >= 0.6 is 0 Å². The Morgan fingerprint density at radius 3 is 2.44 bits per heavy atom. The zero-order valence-electron chi connectivity index (χ0n) is 25.1. The average molecular weight is 547 g/mol. The number of rotatable bonds is 13. The van der Waals surface area contributed by atoms with Gasteiger partial charge < -0.3 is 24.4 Å². The first-order valence-corrected chi connectivity index (χ1v) is 14.4. The van der Waals surface area contributed by atoms with Crippen molar-refractivity contribution >= 4 is 17.8 Å². The van der Waals surface area contributed by atoms with E-state index in [0.29, 0.717) is 25.8 Å². The maximum atomic E-state index is 14.7. The van der Waals surface area contributed by atoms with Gasteiger partial charge in [-0.25, -0.2) is 0 Å². The molecule has 3 fully saturated rings. The number of hydrogen-bond acceptors (Lipinski definition) is 6. The smallest absolute Gasteiger partial charge is 0.312 e. The molecule has 0 aliphatic carbocycles. The lowest BCUT2D eigenvalue weighted by molar-refractivity contribution is -0.163. The summed E-state index contributed by atoms with van der Waals surface area (Å²) in [7, 11) is 0. The molecule has 0 saturated carbocycles. The van der Waals surface area contributed by atoms with Gasteiger partial charge in [-0.1, -0.05) is 39.8 Å². The van der Waals surface area contributed by atoms with Gasteiger partial charge in [0.05, 0.1) is 18.1 Å². The molecule has 1 N–H and O–H groups in total. The monoisotopic (exact) mass is 546 g/mol. The van der Waals surface area contributed by atoms with Crippen LogP contribution in [0.25, 0.3) is 0 Å². The number of aliphatic hydroxyl groups excluding tert-OH is 1. The predicted molar refractivity (Wildman–Crippen MR) is 151 cm³/mol. The SMILES string of the molecule is C=CCCCOC(=O)[C@H]1[C@H]2C(=O)N(CCCO)C(C(=O)N(CC=C)C(C)(C)CC(C)(C)C)C23CC(C)[C@]1(C)O3. The lowest BCUT2D eigenvalue weighted by Gasteiger charge is -2.45. The van der Waals surface area contributed by atoms with E-state index in [1.165, 1.54) is 0 Å². The van der Waals surface area contributed by atoms with E-state index in [9.17, 15) is 19.5 Å². The number of likely N-dealkylation sites (tertiary alicyclic amines) is 1. The molecule has 39 heavy (non-hydrogen) atoms. The number of hydrogen-bond donors (Lipinski definition) is 1. The fourth-order valence-electron chi connectivity index (χ4n) is 7.65. The number of amides is 2. The van der Waals surface area contributed by atoms with Crippen molar-refractivity contribution in [2.24, 2.45) is 23.2 Å². The largest absolute Gasteiger partial charge is 0.465 e. The first-order valence-electron chi connectivity index (χ1n) is 14.4. The minimum atomic E-state index is -1.14. The van der Waals surface area contributed by atoms with Gasteiger partial charge in [0.15, 0.2) is 0 Å². The molecule has 0 radical (unpaired) electrons. The predicted octanol–water partition coefficient (Wildman–Crippen LogP) is 4.12. The third kappa shape index (κ3) is 5.56. The zero-order valence-corrected chi connectivity index (χ0v) is 25.1. The molecule has 2 bridgehead atoms. The normalized spacial score (nSPS) is 31.8. The molecule has 0 aromatic rings. The van der Waals surface area contributed by atoms with Gasteiger partial charge >= 0.3 is 5.97 Å². The first kappa shape index (κ1) is 31.3. The lowest BCUT2D eigenvalue weighted by atomic mass is 9.62. The van der Waals surface area contributed by atoms with Crippen LogP contribution in [0.1, 0.15) is 80.6 Å². The van der Waals surface area contributed by atoms with Crippen LogP contribution in [0.3, 0.4) is 0 Å². The van der Waals surface area contributed by atoms with Crippen LogP contribution < -0.4 is 0 Å². The van der Waals surface area contributed by atoms with Crippen LogP contribution in [-0.4, -0.2) is 81.8 Å². The highest BCUT2D eigenvalue weighted by atomic mass is 16.6. The van der Waals surface area contributed by atoms with Crippen molar-refractivity contribution in [3.63, 3.8) is 0 Å². The molecule has 3 rings (SSSR count). The fraction of sp³-hybridized carbons (Fsp3) is 0.774. The molecule has 2 amide bonds. The number of esters is 1. The average Bonchev–Trinajstić information content (AvgIpc) is 3.33. The van der Waals surface area contributed by atoms with E-state index in [0.717, 1.165) is 12.8 Å². The van der Waals surface area contributed by atoms with Gasteiger partial charge in [0.25, 0.3) is 0 Å². The molecule has 6 atom stereocenters. The van der Waals surface area contributed by atoms with Gasteiger partial charge in [-0.05, 0) is 64.2 Å². The van der Waals surface area contributed by atoms with E-state index in [2.05, 4.69) is 33.9 Å². The standard InChI is InChI=1S/C31H50N2O6/c1-10-12-13-18-38-27(37)23-22-25(35)32(16-14-17-34)24(31(22)19-21(3)30(23,9)39-31)26(36)33(15-11-2)29(7,8)20-28(4,5)6/h10-11,21-24,34H,1-2,12-20H2,3-9H3/t21?,22-,23+,24?,30-,31?/m0/s1. The third-order valence-corrected chi connectivity index (χ3v) is 8.93. The number of carbonyl (C=O) groups excluding carboxylic acids is 3. The molecule has 1 spiro atoms. The summed E-state index contributed by atoms with van der Waals surface area (Å²) >= 11 is 0. The quantitative estimate of drug-likeness (QED) is 0.212.